The van der Waals surface area contributed by atoms with Crippen LogP contribution in [-0.2, 0) is 6.54 Å². The first-order valence-electron chi connectivity index (χ1n) is 5.75. The predicted octanol–water partition coefficient (Wildman–Crippen LogP) is 0.389. The van der Waals surface area contributed by atoms with E-state index in [1.54, 1.807) is 6.92 Å². The van der Waals surface area contributed by atoms with Crippen LogP contribution in [0.5, 0.6) is 0 Å². The van der Waals surface area contributed by atoms with Crippen molar-refractivity contribution in [2.24, 2.45) is 0 Å². The van der Waals surface area contributed by atoms with E-state index in [9.17, 15) is 0 Å². The highest BCUT2D eigenvalue weighted by Crippen LogP contribution is 2.14. The van der Waals surface area contributed by atoms with Gasteiger partial charge in [-0.1, -0.05) is 10.4 Å². The Labute approximate surface area is 98.2 Å². The number of aromatic nitrogens is 5. The predicted molar refractivity (Wildman–Crippen MR) is 59.1 cm³/mol. The summed E-state index contributed by atoms with van der Waals surface area (Å²) >= 11 is 0. The molecule has 3 heterocycles. The molecule has 0 spiro atoms. The van der Waals surface area contributed by atoms with Crippen molar-refractivity contribution in [2.45, 2.75) is 32.4 Å². The molecule has 1 N–H and O–H groups in total. The molecule has 90 valence electrons. The third-order valence-corrected chi connectivity index (χ3v) is 2.86. The van der Waals surface area contributed by atoms with E-state index >= 15 is 0 Å². The summed E-state index contributed by atoms with van der Waals surface area (Å²) in [6.45, 7) is 3.70. The van der Waals surface area contributed by atoms with E-state index in [1.165, 1.54) is 12.8 Å². The zero-order valence-corrected chi connectivity index (χ0v) is 9.63. The smallest absolute Gasteiger partial charge is 0.280 e. The van der Waals surface area contributed by atoms with Crippen LogP contribution in [0.1, 0.15) is 18.7 Å². The average Bonchev–Trinajstić information content (AvgIpc) is 2.99. The maximum Gasteiger partial charge on any atom is 0.280 e. The number of hydrogen-bond donors (Lipinski definition) is 1. The first kappa shape index (κ1) is 10.4. The summed E-state index contributed by atoms with van der Waals surface area (Å²) in [7, 11) is 0. The molecule has 0 unspecified atom stereocenters. The highest BCUT2D eigenvalue weighted by atomic mass is 16.5. The van der Waals surface area contributed by atoms with Crippen molar-refractivity contribution in [2.75, 3.05) is 6.54 Å². The summed E-state index contributed by atoms with van der Waals surface area (Å²) in [5, 5.41) is 15.2. The van der Waals surface area contributed by atoms with Gasteiger partial charge in [-0.25, -0.2) is 0 Å². The van der Waals surface area contributed by atoms with Gasteiger partial charge in [-0.2, -0.15) is 4.98 Å². The minimum atomic E-state index is 0.424. The summed E-state index contributed by atoms with van der Waals surface area (Å²) in [6.07, 6.45) is 4.26. The first-order chi connectivity index (χ1) is 8.31. The molecule has 7 nitrogen and oxygen atoms in total. The van der Waals surface area contributed by atoms with E-state index in [2.05, 4.69) is 25.8 Å². The number of nitrogens with zero attached hydrogens (tertiary/aromatic N) is 5. The molecule has 3 rings (SSSR count). The van der Waals surface area contributed by atoms with Crippen molar-refractivity contribution in [3.8, 4) is 11.6 Å². The fourth-order valence-corrected chi connectivity index (χ4v) is 2.03. The molecule has 0 saturated carbocycles. The summed E-state index contributed by atoms with van der Waals surface area (Å²) in [5.74, 6) is 1.03. The summed E-state index contributed by atoms with van der Waals surface area (Å²) < 4.78 is 6.86. The van der Waals surface area contributed by atoms with Crippen LogP contribution >= 0.6 is 0 Å². The summed E-state index contributed by atoms with van der Waals surface area (Å²) in [5.41, 5.74) is 0.628. The van der Waals surface area contributed by atoms with Gasteiger partial charge >= 0.3 is 0 Å². The molecule has 0 radical (unpaired) electrons. The van der Waals surface area contributed by atoms with Gasteiger partial charge in [0, 0.05) is 6.04 Å². The number of nitrogens with one attached hydrogen (secondary N) is 1. The lowest BCUT2D eigenvalue weighted by Crippen LogP contribution is -2.26. The van der Waals surface area contributed by atoms with Crippen LogP contribution in [0.25, 0.3) is 11.6 Å². The van der Waals surface area contributed by atoms with E-state index < -0.39 is 0 Å². The van der Waals surface area contributed by atoms with Gasteiger partial charge in [-0.05, 0) is 26.3 Å². The lowest BCUT2D eigenvalue weighted by atomic mass is 10.2. The molecule has 0 amide bonds. The third kappa shape index (κ3) is 2.19. The standard InChI is InChI=1S/C10H14N6O/c1-7-12-10(17-14-7)9-6-16(15-13-9)5-8-3-2-4-11-8/h6,8,11H,2-5H2,1H3/t8-/m0/s1. The molecule has 1 saturated heterocycles. The topological polar surface area (TPSA) is 81.7 Å². The fraction of sp³-hybridized carbons (Fsp3) is 0.600. The SMILES string of the molecule is Cc1noc(-c2cn(C[C@@H]3CCCN3)nn2)n1. The molecule has 1 atom stereocenters. The molecular weight excluding hydrogens is 220 g/mol. The maximum atomic E-state index is 5.04. The van der Waals surface area contributed by atoms with Crippen molar-refractivity contribution in [1.82, 2.24) is 30.5 Å². The Bertz CT molecular complexity index is 498. The van der Waals surface area contributed by atoms with Crippen LogP contribution in [0.15, 0.2) is 10.7 Å². The second kappa shape index (κ2) is 4.25. The molecule has 0 aromatic carbocycles. The van der Waals surface area contributed by atoms with Gasteiger partial charge in [0.2, 0.25) is 0 Å². The van der Waals surface area contributed by atoms with Gasteiger partial charge in [-0.3, -0.25) is 4.68 Å². The molecule has 0 bridgehead atoms. The lowest BCUT2D eigenvalue weighted by Gasteiger charge is -2.08. The molecule has 0 aliphatic carbocycles. The van der Waals surface area contributed by atoms with E-state index in [4.69, 9.17) is 4.52 Å². The van der Waals surface area contributed by atoms with Crippen molar-refractivity contribution >= 4 is 0 Å². The Hall–Kier alpha value is -1.76. The third-order valence-electron chi connectivity index (χ3n) is 2.86. The normalized spacial score (nSPS) is 19.9. The van der Waals surface area contributed by atoms with Crippen LogP contribution in [0.4, 0.5) is 0 Å². The minimum Gasteiger partial charge on any atom is -0.332 e. The highest BCUT2D eigenvalue weighted by Gasteiger charge is 2.16. The molecule has 2 aromatic rings. The number of rotatable bonds is 3. The van der Waals surface area contributed by atoms with Crippen LogP contribution < -0.4 is 5.32 Å². The van der Waals surface area contributed by atoms with Gasteiger partial charge in [0.1, 0.15) is 0 Å². The van der Waals surface area contributed by atoms with Gasteiger partial charge in [-0.15, -0.1) is 5.10 Å². The minimum absolute atomic E-state index is 0.424. The summed E-state index contributed by atoms with van der Waals surface area (Å²) in [4.78, 5) is 4.12. The average molecular weight is 234 g/mol. The first-order valence-corrected chi connectivity index (χ1v) is 5.75. The lowest BCUT2D eigenvalue weighted by molar-refractivity contribution is 0.424. The van der Waals surface area contributed by atoms with Crippen molar-refractivity contribution < 1.29 is 4.52 Å². The Morgan fingerprint density at radius 3 is 3.24 bits per heavy atom. The van der Waals surface area contributed by atoms with Crippen LogP contribution in [-0.4, -0.2) is 37.7 Å². The zero-order valence-electron chi connectivity index (χ0n) is 9.63. The van der Waals surface area contributed by atoms with E-state index in [0.29, 0.717) is 23.5 Å². The van der Waals surface area contributed by atoms with Crippen LogP contribution in [0, 0.1) is 6.92 Å². The number of hydrogen-bond acceptors (Lipinski definition) is 6. The Balaban J connectivity index is 1.73. The molecule has 17 heavy (non-hydrogen) atoms. The number of aryl methyl sites for hydroxylation is 1. The van der Waals surface area contributed by atoms with Crippen LogP contribution in [0.3, 0.4) is 0 Å². The van der Waals surface area contributed by atoms with Gasteiger partial charge < -0.3 is 9.84 Å². The Kier molecular flexibility index (Phi) is 2.60. The van der Waals surface area contributed by atoms with Gasteiger partial charge in [0.15, 0.2) is 11.5 Å². The monoisotopic (exact) mass is 234 g/mol. The molecule has 1 aliphatic heterocycles. The molecule has 2 aromatic heterocycles. The quantitative estimate of drug-likeness (QED) is 0.827. The van der Waals surface area contributed by atoms with Crippen molar-refractivity contribution in [3.05, 3.63) is 12.0 Å². The van der Waals surface area contributed by atoms with Gasteiger partial charge in [0.25, 0.3) is 5.89 Å². The maximum absolute atomic E-state index is 5.04. The Morgan fingerprint density at radius 2 is 2.53 bits per heavy atom. The van der Waals surface area contributed by atoms with Crippen LogP contribution in [0.2, 0.25) is 0 Å². The van der Waals surface area contributed by atoms with Crippen molar-refractivity contribution in [3.63, 3.8) is 0 Å². The zero-order chi connectivity index (χ0) is 11.7. The second-order valence-electron chi connectivity index (χ2n) is 4.27. The molecule has 7 heteroatoms. The largest absolute Gasteiger partial charge is 0.332 e. The van der Waals surface area contributed by atoms with E-state index in [1.807, 2.05) is 10.9 Å². The van der Waals surface area contributed by atoms with E-state index in [0.717, 1.165) is 13.1 Å². The highest BCUT2D eigenvalue weighted by molar-refractivity contribution is 5.43. The Morgan fingerprint density at radius 1 is 1.59 bits per heavy atom. The van der Waals surface area contributed by atoms with Gasteiger partial charge in [0.05, 0.1) is 12.7 Å². The molecular formula is C10H14N6O. The fourth-order valence-electron chi connectivity index (χ4n) is 2.03. The molecule has 1 aliphatic rings. The summed E-state index contributed by atoms with van der Waals surface area (Å²) in [6, 6.07) is 0.494. The van der Waals surface area contributed by atoms with Crippen molar-refractivity contribution in [1.29, 1.82) is 0 Å². The molecule has 1 fully saturated rings. The van der Waals surface area contributed by atoms with E-state index in [-0.39, 0.29) is 0 Å². The second-order valence-corrected chi connectivity index (χ2v) is 4.27.